The normalized spacial score (nSPS) is 11.7. The molecule has 158 valence electrons. The zero-order chi connectivity index (χ0) is 22.2. The average molecular weight is 411 g/mol. The number of para-hydroxylation sites is 1. The van der Waals surface area contributed by atoms with Gasteiger partial charge in [-0.2, -0.15) is 0 Å². The molecule has 0 fully saturated rings. The van der Waals surface area contributed by atoms with Gasteiger partial charge in [0.1, 0.15) is 5.75 Å². The minimum atomic E-state index is 0.842. The van der Waals surface area contributed by atoms with E-state index in [2.05, 4.69) is 104 Å². The maximum Gasteiger partial charge on any atom is 0.120 e. The van der Waals surface area contributed by atoms with Crippen LogP contribution in [0, 0.1) is 6.92 Å². The molecular weight excluding hydrogens is 380 g/mol. The van der Waals surface area contributed by atoms with E-state index in [-0.39, 0.29) is 0 Å². The highest BCUT2D eigenvalue weighted by Gasteiger charge is 2.12. The van der Waals surface area contributed by atoms with E-state index in [1.54, 1.807) is 7.11 Å². The van der Waals surface area contributed by atoms with Gasteiger partial charge in [0.05, 0.1) is 7.11 Å². The highest BCUT2D eigenvalue weighted by molar-refractivity contribution is 5.70. The maximum atomic E-state index is 5.36. The summed E-state index contributed by atoms with van der Waals surface area (Å²) in [6.07, 6.45) is 6.11. The van der Waals surface area contributed by atoms with Crippen LogP contribution in [-0.4, -0.2) is 14.2 Å². The van der Waals surface area contributed by atoms with E-state index in [1.807, 2.05) is 30.3 Å². The van der Waals surface area contributed by atoms with Crippen molar-refractivity contribution in [1.29, 1.82) is 0 Å². The first kappa shape index (κ1) is 22.0. The van der Waals surface area contributed by atoms with Gasteiger partial charge >= 0.3 is 0 Å². The lowest BCUT2D eigenvalue weighted by molar-refractivity contribution is 0.415. The Morgan fingerprint density at radius 1 is 0.839 bits per heavy atom. The Labute approximate surface area is 186 Å². The van der Waals surface area contributed by atoms with Gasteiger partial charge in [-0.15, -0.1) is 0 Å². The second-order valence-electron chi connectivity index (χ2n) is 7.37. The first-order chi connectivity index (χ1) is 15.0. The molecule has 0 unspecified atom stereocenters. The predicted molar refractivity (Wildman–Crippen MR) is 133 cm³/mol. The topological polar surface area (TPSA) is 15.7 Å². The number of benzene rings is 3. The van der Waals surface area contributed by atoms with Gasteiger partial charge in [0.15, 0.2) is 0 Å². The van der Waals surface area contributed by atoms with Crippen molar-refractivity contribution in [2.24, 2.45) is 0 Å². The van der Waals surface area contributed by atoms with E-state index in [4.69, 9.17) is 4.74 Å². The fourth-order valence-corrected chi connectivity index (χ4v) is 3.29. The summed E-state index contributed by atoms with van der Waals surface area (Å²) in [4.78, 5) is 4.35. The molecule has 3 aromatic rings. The lowest BCUT2D eigenvalue weighted by Crippen LogP contribution is -2.16. The van der Waals surface area contributed by atoms with Gasteiger partial charge in [-0.3, -0.25) is 0 Å². The smallest absolute Gasteiger partial charge is 0.120 e. The van der Waals surface area contributed by atoms with Crippen molar-refractivity contribution in [3.8, 4) is 5.75 Å². The first-order valence-corrected chi connectivity index (χ1v) is 10.3. The Morgan fingerprint density at radius 2 is 1.48 bits per heavy atom. The first-order valence-electron chi connectivity index (χ1n) is 10.3. The molecule has 3 heteroatoms. The molecule has 0 aliphatic rings. The molecular formula is C28H30N2O. The average Bonchev–Trinajstić information content (AvgIpc) is 2.82. The zero-order valence-electron chi connectivity index (χ0n) is 18.7. The molecule has 0 saturated heterocycles. The maximum absolute atomic E-state index is 5.36. The van der Waals surface area contributed by atoms with Gasteiger partial charge in [-0.05, 0) is 68.5 Å². The quantitative estimate of drug-likeness (QED) is 0.364. The SMILES string of the molecule is C=C/C(=C\C=C(/C)N(C)c1cccc(OC)c1)N(c1ccccc1)c1ccc(C)cc1. The lowest BCUT2D eigenvalue weighted by Gasteiger charge is -2.26. The Hall–Kier alpha value is -3.72. The molecule has 0 aromatic heterocycles. The molecule has 0 aliphatic carbocycles. The molecule has 3 rings (SSSR count). The summed E-state index contributed by atoms with van der Waals surface area (Å²) in [6, 6.07) is 26.9. The predicted octanol–water partition coefficient (Wildman–Crippen LogP) is 7.25. The van der Waals surface area contributed by atoms with Crippen molar-refractivity contribution in [3.63, 3.8) is 0 Å². The van der Waals surface area contributed by atoms with Crippen LogP contribution in [0.5, 0.6) is 5.75 Å². The van der Waals surface area contributed by atoms with Crippen molar-refractivity contribution >= 4 is 17.1 Å². The van der Waals surface area contributed by atoms with Crippen molar-refractivity contribution in [3.05, 3.63) is 121 Å². The highest BCUT2D eigenvalue weighted by Crippen LogP contribution is 2.31. The molecule has 3 aromatic carbocycles. The number of allylic oxidation sites excluding steroid dienone is 4. The number of aryl methyl sites for hydroxylation is 1. The second kappa shape index (κ2) is 10.4. The van der Waals surface area contributed by atoms with Crippen LogP contribution in [0.3, 0.4) is 0 Å². The zero-order valence-corrected chi connectivity index (χ0v) is 18.7. The molecule has 0 spiro atoms. The highest BCUT2D eigenvalue weighted by atomic mass is 16.5. The van der Waals surface area contributed by atoms with Gasteiger partial charge in [0.25, 0.3) is 0 Å². The standard InChI is InChI=1S/C28H30N2O/c1-6-24(20-17-23(3)29(4)27-13-10-14-28(21-27)31-5)30(25-11-8-7-9-12-25)26-18-15-22(2)16-19-26/h6-21H,1H2,2-5H3/b23-17+,24-20+. The van der Waals surface area contributed by atoms with Crippen LogP contribution < -0.4 is 14.5 Å². The largest absolute Gasteiger partial charge is 0.497 e. The van der Waals surface area contributed by atoms with Crippen LogP contribution in [0.1, 0.15) is 12.5 Å². The van der Waals surface area contributed by atoms with Crippen LogP contribution >= 0.6 is 0 Å². The van der Waals surface area contributed by atoms with Crippen LogP contribution in [-0.2, 0) is 0 Å². The minimum absolute atomic E-state index is 0.842. The molecule has 0 saturated carbocycles. The molecule has 31 heavy (non-hydrogen) atoms. The summed E-state index contributed by atoms with van der Waals surface area (Å²) in [5.74, 6) is 0.842. The summed E-state index contributed by atoms with van der Waals surface area (Å²) in [5, 5.41) is 0. The van der Waals surface area contributed by atoms with Gasteiger partial charge in [-0.1, -0.05) is 48.5 Å². The van der Waals surface area contributed by atoms with Crippen molar-refractivity contribution in [1.82, 2.24) is 0 Å². The van der Waals surface area contributed by atoms with Gasteiger partial charge in [-0.25, -0.2) is 0 Å². The van der Waals surface area contributed by atoms with Crippen LogP contribution in [0.25, 0.3) is 0 Å². The Balaban J connectivity index is 1.97. The van der Waals surface area contributed by atoms with Gasteiger partial charge in [0, 0.05) is 41.6 Å². The Bertz CT molecular complexity index is 1070. The van der Waals surface area contributed by atoms with E-state index in [1.165, 1.54) is 5.56 Å². The fraction of sp³-hybridized carbons (Fsp3) is 0.143. The van der Waals surface area contributed by atoms with Gasteiger partial charge < -0.3 is 14.5 Å². The summed E-state index contributed by atoms with van der Waals surface area (Å²) >= 11 is 0. The molecule has 0 atom stereocenters. The van der Waals surface area contributed by atoms with E-state index < -0.39 is 0 Å². The minimum Gasteiger partial charge on any atom is -0.497 e. The van der Waals surface area contributed by atoms with E-state index in [0.717, 1.165) is 34.2 Å². The van der Waals surface area contributed by atoms with Crippen LogP contribution in [0.4, 0.5) is 17.1 Å². The van der Waals surface area contributed by atoms with E-state index in [9.17, 15) is 0 Å². The van der Waals surface area contributed by atoms with E-state index >= 15 is 0 Å². The van der Waals surface area contributed by atoms with Crippen LogP contribution in [0.2, 0.25) is 0 Å². The number of hydrogen-bond acceptors (Lipinski definition) is 3. The molecule has 0 radical (unpaired) electrons. The molecule has 0 aliphatic heterocycles. The number of ether oxygens (including phenoxy) is 1. The molecule has 0 N–H and O–H groups in total. The molecule has 0 bridgehead atoms. The third-order valence-electron chi connectivity index (χ3n) is 5.24. The second-order valence-corrected chi connectivity index (χ2v) is 7.37. The summed E-state index contributed by atoms with van der Waals surface area (Å²) in [6.45, 7) is 8.28. The summed E-state index contributed by atoms with van der Waals surface area (Å²) in [5.41, 5.74) is 6.58. The van der Waals surface area contributed by atoms with Crippen molar-refractivity contribution < 1.29 is 4.74 Å². The number of nitrogens with zero attached hydrogens (tertiary/aromatic N) is 2. The number of methoxy groups -OCH3 is 1. The molecule has 0 heterocycles. The molecule has 0 amide bonds. The monoisotopic (exact) mass is 410 g/mol. The summed E-state index contributed by atoms with van der Waals surface area (Å²) in [7, 11) is 3.74. The summed E-state index contributed by atoms with van der Waals surface area (Å²) < 4.78 is 5.36. The third kappa shape index (κ3) is 5.46. The third-order valence-corrected chi connectivity index (χ3v) is 5.24. The Kier molecular flexibility index (Phi) is 7.34. The number of anilines is 3. The van der Waals surface area contributed by atoms with Crippen molar-refractivity contribution in [2.75, 3.05) is 24.0 Å². The number of hydrogen-bond donors (Lipinski definition) is 0. The van der Waals surface area contributed by atoms with Gasteiger partial charge in [0.2, 0.25) is 0 Å². The Morgan fingerprint density at radius 3 is 2.13 bits per heavy atom. The van der Waals surface area contributed by atoms with Crippen LogP contribution in [0.15, 0.2) is 115 Å². The van der Waals surface area contributed by atoms with E-state index in [0.29, 0.717) is 0 Å². The molecule has 3 nitrogen and oxygen atoms in total. The van der Waals surface area contributed by atoms with Crippen molar-refractivity contribution in [2.45, 2.75) is 13.8 Å². The number of rotatable bonds is 8. The lowest BCUT2D eigenvalue weighted by atomic mass is 10.1. The fourth-order valence-electron chi connectivity index (χ4n) is 3.29.